The Hall–Kier alpha value is -2.75. The van der Waals surface area contributed by atoms with Gasteiger partial charge in [0.15, 0.2) is 5.82 Å². The molecule has 182 valence electrons. The first kappa shape index (κ1) is 26.5. The van der Waals surface area contributed by atoms with Crippen LogP contribution in [0.4, 0.5) is 25.9 Å². The Bertz CT molecular complexity index is 1060. The molecule has 0 unspecified atom stereocenters. The summed E-state index contributed by atoms with van der Waals surface area (Å²) in [6, 6.07) is 5.06. The minimum Gasteiger partial charge on any atom is -0.443 e. The van der Waals surface area contributed by atoms with Gasteiger partial charge in [-0.2, -0.15) is 4.90 Å². The van der Waals surface area contributed by atoms with Crippen LogP contribution in [0.15, 0.2) is 22.7 Å². The maximum Gasteiger partial charge on any atom is 0.425 e. The van der Waals surface area contributed by atoms with Crippen LogP contribution in [0.25, 0.3) is 10.9 Å². The third kappa shape index (κ3) is 6.40. The van der Waals surface area contributed by atoms with E-state index in [0.29, 0.717) is 20.3 Å². The summed E-state index contributed by atoms with van der Waals surface area (Å²) < 4.78 is 18.1. The summed E-state index contributed by atoms with van der Waals surface area (Å²) in [4.78, 5) is 40.4. The first-order valence-corrected chi connectivity index (χ1v) is 11.2. The predicted octanol–water partition coefficient (Wildman–Crippen LogP) is 6.45. The standard InChI is InChI=1S/C23H32BrN3O6/c1-21(2,3)31-18(28)26-14-12-10-11-13(24)15(14)16(25)17(26)27(19(29)32-22(4,5)6)20(30)33-23(7,8)9/h10-12H,25H2,1-9H3. The fourth-order valence-electron chi connectivity index (χ4n) is 2.89. The van der Waals surface area contributed by atoms with Crippen LogP contribution < -0.4 is 10.6 Å². The fourth-order valence-corrected chi connectivity index (χ4v) is 3.46. The molecule has 10 heteroatoms. The molecular formula is C23H32BrN3O6. The lowest BCUT2D eigenvalue weighted by molar-refractivity contribution is 0.0426. The number of carbonyl (C=O) groups is 3. The number of nitrogens with zero attached hydrogens (tertiary/aromatic N) is 2. The lowest BCUT2D eigenvalue weighted by Gasteiger charge is -2.29. The minimum absolute atomic E-state index is 0.0000487. The number of amides is 2. The van der Waals surface area contributed by atoms with Gasteiger partial charge in [-0.05, 0) is 74.4 Å². The second-order valence-electron chi connectivity index (χ2n) is 10.5. The SMILES string of the molecule is CC(C)(C)OC(=O)N(C(=O)OC(C)(C)C)c1c(N)c2c(Br)cccc2n1C(=O)OC(C)(C)C. The number of anilines is 2. The Labute approximate surface area is 202 Å². The number of hydrogen-bond acceptors (Lipinski definition) is 7. The highest BCUT2D eigenvalue weighted by Gasteiger charge is 2.39. The second kappa shape index (κ2) is 8.89. The van der Waals surface area contributed by atoms with Gasteiger partial charge < -0.3 is 19.9 Å². The molecule has 0 fully saturated rings. The highest BCUT2D eigenvalue weighted by Crippen LogP contribution is 2.41. The van der Waals surface area contributed by atoms with Crippen molar-refractivity contribution in [1.82, 2.24) is 4.57 Å². The van der Waals surface area contributed by atoms with E-state index < -0.39 is 35.1 Å². The van der Waals surface area contributed by atoms with Crippen LogP contribution in [-0.4, -0.2) is 39.6 Å². The number of rotatable bonds is 1. The Morgan fingerprint density at radius 1 is 0.848 bits per heavy atom. The summed E-state index contributed by atoms with van der Waals surface area (Å²) in [5, 5.41) is 0.426. The van der Waals surface area contributed by atoms with E-state index in [9.17, 15) is 14.4 Å². The average Bonchev–Trinajstić information content (AvgIpc) is 2.84. The second-order valence-corrected chi connectivity index (χ2v) is 11.3. The molecule has 0 saturated carbocycles. The highest BCUT2D eigenvalue weighted by atomic mass is 79.9. The topological polar surface area (TPSA) is 113 Å². The number of carbonyl (C=O) groups excluding carboxylic acids is 3. The third-order valence-electron chi connectivity index (χ3n) is 3.89. The van der Waals surface area contributed by atoms with Crippen LogP contribution in [-0.2, 0) is 14.2 Å². The number of aromatic nitrogens is 1. The van der Waals surface area contributed by atoms with Crippen molar-refractivity contribution in [3.05, 3.63) is 22.7 Å². The maximum atomic E-state index is 13.3. The smallest absolute Gasteiger partial charge is 0.425 e. The van der Waals surface area contributed by atoms with Gasteiger partial charge in [0.2, 0.25) is 0 Å². The number of fused-ring (bicyclic) bond motifs is 1. The molecule has 2 amide bonds. The fraction of sp³-hybridized carbons (Fsp3) is 0.522. The summed E-state index contributed by atoms with van der Waals surface area (Å²) in [5.41, 5.74) is 4.04. The molecule has 0 spiro atoms. The van der Waals surface area contributed by atoms with Gasteiger partial charge in [-0.3, -0.25) is 0 Å². The first-order valence-electron chi connectivity index (χ1n) is 10.4. The van der Waals surface area contributed by atoms with E-state index in [-0.39, 0.29) is 11.5 Å². The van der Waals surface area contributed by atoms with Crippen molar-refractivity contribution in [3.8, 4) is 0 Å². The van der Waals surface area contributed by atoms with E-state index in [1.165, 1.54) is 0 Å². The number of nitrogen functional groups attached to an aromatic ring is 1. The van der Waals surface area contributed by atoms with Crippen molar-refractivity contribution in [3.63, 3.8) is 0 Å². The van der Waals surface area contributed by atoms with E-state index in [1.54, 1.807) is 80.5 Å². The maximum absolute atomic E-state index is 13.3. The van der Waals surface area contributed by atoms with E-state index in [1.807, 2.05) is 0 Å². The van der Waals surface area contributed by atoms with Gasteiger partial charge in [0.25, 0.3) is 0 Å². The zero-order valence-electron chi connectivity index (χ0n) is 20.5. The zero-order valence-corrected chi connectivity index (χ0v) is 22.1. The number of hydrogen-bond donors (Lipinski definition) is 1. The molecule has 0 atom stereocenters. The van der Waals surface area contributed by atoms with E-state index in [4.69, 9.17) is 19.9 Å². The molecule has 1 aromatic carbocycles. The van der Waals surface area contributed by atoms with Crippen LogP contribution in [0.2, 0.25) is 0 Å². The van der Waals surface area contributed by atoms with Crippen molar-refractivity contribution in [2.24, 2.45) is 0 Å². The molecule has 33 heavy (non-hydrogen) atoms. The number of halogens is 1. The Kier molecular flexibility index (Phi) is 7.14. The Morgan fingerprint density at radius 3 is 1.73 bits per heavy atom. The number of ether oxygens (including phenoxy) is 3. The molecule has 0 aliphatic heterocycles. The lowest BCUT2D eigenvalue weighted by Crippen LogP contribution is -2.45. The minimum atomic E-state index is -1.05. The quantitative estimate of drug-likeness (QED) is 0.425. The molecule has 2 N–H and O–H groups in total. The van der Waals surface area contributed by atoms with E-state index >= 15 is 0 Å². The van der Waals surface area contributed by atoms with Crippen molar-refractivity contribution in [2.75, 3.05) is 10.6 Å². The molecule has 2 aromatic rings. The van der Waals surface area contributed by atoms with E-state index in [2.05, 4.69) is 15.9 Å². The Morgan fingerprint density at radius 2 is 1.30 bits per heavy atom. The molecule has 0 radical (unpaired) electrons. The van der Waals surface area contributed by atoms with Crippen molar-refractivity contribution in [1.29, 1.82) is 0 Å². The first-order chi connectivity index (χ1) is 14.8. The lowest BCUT2D eigenvalue weighted by atomic mass is 10.2. The van der Waals surface area contributed by atoms with Gasteiger partial charge in [0.05, 0.1) is 11.2 Å². The molecule has 0 saturated heterocycles. The van der Waals surface area contributed by atoms with Crippen molar-refractivity contribution in [2.45, 2.75) is 79.1 Å². The van der Waals surface area contributed by atoms with E-state index in [0.717, 1.165) is 4.57 Å². The predicted molar refractivity (Wildman–Crippen MR) is 131 cm³/mol. The third-order valence-corrected chi connectivity index (χ3v) is 4.56. The van der Waals surface area contributed by atoms with Crippen LogP contribution in [0.3, 0.4) is 0 Å². The van der Waals surface area contributed by atoms with Gasteiger partial charge in [0, 0.05) is 9.86 Å². The molecule has 9 nitrogen and oxygen atoms in total. The van der Waals surface area contributed by atoms with Crippen LogP contribution >= 0.6 is 15.9 Å². The van der Waals surface area contributed by atoms with Crippen molar-refractivity contribution >= 4 is 56.6 Å². The number of nitrogens with two attached hydrogens (primary N) is 1. The highest BCUT2D eigenvalue weighted by molar-refractivity contribution is 9.10. The van der Waals surface area contributed by atoms with Gasteiger partial charge in [-0.15, -0.1) is 0 Å². The molecule has 1 aromatic heterocycles. The number of benzene rings is 1. The largest absolute Gasteiger partial charge is 0.443 e. The molecule has 0 bridgehead atoms. The van der Waals surface area contributed by atoms with Gasteiger partial charge in [0.1, 0.15) is 16.8 Å². The zero-order chi connectivity index (χ0) is 25.5. The summed E-state index contributed by atoms with van der Waals surface area (Å²) in [6.45, 7) is 15.0. The molecular weight excluding hydrogens is 494 g/mol. The summed E-state index contributed by atoms with van der Waals surface area (Å²) in [6.07, 6.45) is -2.92. The van der Waals surface area contributed by atoms with Gasteiger partial charge in [-0.1, -0.05) is 22.0 Å². The van der Waals surface area contributed by atoms with Crippen LogP contribution in [0.1, 0.15) is 62.3 Å². The molecule has 0 aliphatic rings. The molecule has 0 aliphatic carbocycles. The van der Waals surface area contributed by atoms with Crippen molar-refractivity contribution < 1.29 is 28.6 Å². The average molecular weight is 526 g/mol. The van der Waals surface area contributed by atoms with Crippen LogP contribution in [0, 0.1) is 0 Å². The number of imide groups is 1. The van der Waals surface area contributed by atoms with Gasteiger partial charge in [-0.25, -0.2) is 19.0 Å². The molecule has 2 rings (SSSR count). The van der Waals surface area contributed by atoms with Crippen LogP contribution in [0.5, 0.6) is 0 Å². The molecule has 1 heterocycles. The summed E-state index contributed by atoms with van der Waals surface area (Å²) >= 11 is 3.43. The van der Waals surface area contributed by atoms with Gasteiger partial charge >= 0.3 is 18.3 Å². The summed E-state index contributed by atoms with van der Waals surface area (Å²) in [5.74, 6) is -0.227. The Balaban J connectivity index is 2.87. The monoisotopic (exact) mass is 525 g/mol. The summed E-state index contributed by atoms with van der Waals surface area (Å²) in [7, 11) is 0. The normalized spacial score (nSPS) is 12.4.